The summed E-state index contributed by atoms with van der Waals surface area (Å²) in [6, 6.07) is 7.03. The van der Waals surface area contributed by atoms with Gasteiger partial charge >= 0.3 is 6.03 Å². The third-order valence-electron chi connectivity index (χ3n) is 4.62. The highest BCUT2D eigenvalue weighted by Crippen LogP contribution is 2.39. The Kier molecular flexibility index (Phi) is 6.57. The number of allylic oxidation sites excluding steroid dienone is 4. The molecule has 1 fully saturated rings. The van der Waals surface area contributed by atoms with Gasteiger partial charge in [-0.1, -0.05) is 38.1 Å². The van der Waals surface area contributed by atoms with Crippen LogP contribution in [-0.4, -0.2) is 48.3 Å². The maximum atomic E-state index is 12.8. The van der Waals surface area contributed by atoms with E-state index in [4.69, 9.17) is 0 Å². The third kappa shape index (κ3) is 3.38. The average molecular weight is 381 g/mol. The Balaban J connectivity index is 0.00000136. The molecule has 1 saturated heterocycles. The topological polar surface area (TPSA) is 60.9 Å². The molecule has 6 nitrogen and oxygen atoms in total. The average Bonchev–Trinajstić information content (AvgIpc) is 2.72. The number of rotatable bonds is 2. The second-order valence-corrected chi connectivity index (χ2v) is 6.13. The maximum Gasteiger partial charge on any atom is 0.333 e. The number of likely N-dealkylation sites (N-methyl/N-ethyl adjacent to an activating group) is 3. The molecule has 2 aliphatic rings. The highest BCUT2D eigenvalue weighted by molar-refractivity contribution is 6.33. The van der Waals surface area contributed by atoms with Gasteiger partial charge in [0.15, 0.2) is 0 Å². The number of hydrogen-bond acceptors (Lipinski definition) is 4. The lowest BCUT2D eigenvalue weighted by Crippen LogP contribution is -2.53. The van der Waals surface area contributed by atoms with Crippen LogP contribution in [0, 0.1) is 0 Å². The van der Waals surface area contributed by atoms with Crippen LogP contribution in [0.5, 0.6) is 0 Å². The van der Waals surface area contributed by atoms with Crippen LogP contribution in [0.2, 0.25) is 0 Å². The molecular formula is C22H27N3O3. The van der Waals surface area contributed by atoms with Crippen LogP contribution in [0.25, 0.3) is 5.57 Å². The van der Waals surface area contributed by atoms with Crippen molar-refractivity contribution in [1.82, 2.24) is 9.80 Å². The largest absolute Gasteiger partial charge is 0.341 e. The zero-order chi connectivity index (χ0) is 21.0. The highest BCUT2D eigenvalue weighted by atomic mass is 16.2. The molecule has 28 heavy (non-hydrogen) atoms. The molecule has 2 aliphatic heterocycles. The number of hydrogen-bond donors (Lipinski definition) is 0. The molecule has 0 saturated carbocycles. The van der Waals surface area contributed by atoms with E-state index in [9.17, 15) is 14.4 Å². The summed E-state index contributed by atoms with van der Waals surface area (Å²) >= 11 is 0. The van der Waals surface area contributed by atoms with Crippen LogP contribution < -0.4 is 4.90 Å². The number of carbonyl (C=O) groups is 3. The summed E-state index contributed by atoms with van der Waals surface area (Å²) in [6.07, 6.45) is 5.70. The van der Waals surface area contributed by atoms with E-state index < -0.39 is 17.8 Å². The fourth-order valence-corrected chi connectivity index (χ4v) is 3.30. The predicted molar refractivity (Wildman–Crippen MR) is 112 cm³/mol. The summed E-state index contributed by atoms with van der Waals surface area (Å²) in [4.78, 5) is 41.6. The Morgan fingerprint density at radius 3 is 2.07 bits per heavy atom. The second-order valence-electron chi connectivity index (χ2n) is 6.13. The van der Waals surface area contributed by atoms with Crippen LogP contribution >= 0.6 is 0 Å². The van der Waals surface area contributed by atoms with Gasteiger partial charge in [0.25, 0.3) is 11.8 Å². The summed E-state index contributed by atoms with van der Waals surface area (Å²) < 4.78 is 0. The van der Waals surface area contributed by atoms with Crippen LogP contribution in [0.15, 0.2) is 53.8 Å². The van der Waals surface area contributed by atoms with Gasteiger partial charge in [0, 0.05) is 43.2 Å². The minimum Gasteiger partial charge on any atom is -0.341 e. The van der Waals surface area contributed by atoms with Crippen molar-refractivity contribution in [2.45, 2.75) is 27.7 Å². The first kappa shape index (κ1) is 21.2. The van der Waals surface area contributed by atoms with Crippen LogP contribution in [0.3, 0.4) is 0 Å². The fourth-order valence-electron chi connectivity index (χ4n) is 3.30. The Labute approximate surface area is 166 Å². The molecule has 0 radical (unpaired) electrons. The molecule has 1 aromatic carbocycles. The standard InChI is InChI=1S/C20H21N3O3.C2H6/c1-5-9-13-12-15(14-10-7-8-11-16(14)23(13)6-2)17-18(24)21(3)20(26)22(4)19(17)25;1-2/h5,7-12H,6H2,1-4H3;1-2H3/b9-5+;. The molecule has 2 heterocycles. The summed E-state index contributed by atoms with van der Waals surface area (Å²) in [5.41, 5.74) is 3.17. The van der Waals surface area contributed by atoms with E-state index in [0.29, 0.717) is 5.57 Å². The molecule has 0 bridgehead atoms. The monoisotopic (exact) mass is 381 g/mol. The van der Waals surface area contributed by atoms with Crippen molar-refractivity contribution in [1.29, 1.82) is 0 Å². The molecule has 6 heteroatoms. The number of benzene rings is 1. The van der Waals surface area contributed by atoms with Crippen molar-refractivity contribution in [3.05, 3.63) is 59.3 Å². The van der Waals surface area contributed by atoms with E-state index in [1.54, 1.807) is 0 Å². The van der Waals surface area contributed by atoms with E-state index >= 15 is 0 Å². The van der Waals surface area contributed by atoms with Gasteiger partial charge in [0.2, 0.25) is 0 Å². The molecule has 4 amide bonds. The first-order valence-corrected chi connectivity index (χ1v) is 9.48. The van der Waals surface area contributed by atoms with Gasteiger partial charge < -0.3 is 4.90 Å². The minimum absolute atomic E-state index is 0.0137. The van der Waals surface area contributed by atoms with Crippen LogP contribution in [-0.2, 0) is 9.59 Å². The van der Waals surface area contributed by atoms with Gasteiger partial charge in [-0.05, 0) is 32.1 Å². The number of amides is 4. The molecule has 0 atom stereocenters. The number of carbonyl (C=O) groups excluding carboxylic acids is 3. The number of barbiturate groups is 1. The van der Waals surface area contributed by atoms with E-state index in [1.165, 1.54) is 14.1 Å². The number of imide groups is 2. The summed E-state index contributed by atoms with van der Waals surface area (Å²) in [5.74, 6) is -1.16. The second kappa shape index (κ2) is 8.69. The lowest BCUT2D eigenvalue weighted by molar-refractivity contribution is -0.134. The zero-order valence-electron chi connectivity index (χ0n) is 17.3. The van der Waals surface area contributed by atoms with Crippen molar-refractivity contribution in [3.63, 3.8) is 0 Å². The van der Waals surface area contributed by atoms with Gasteiger partial charge in [0.1, 0.15) is 5.57 Å². The van der Waals surface area contributed by atoms with Gasteiger partial charge in [0.05, 0.1) is 0 Å². The normalized spacial score (nSPS) is 17.0. The highest BCUT2D eigenvalue weighted by Gasteiger charge is 2.40. The molecule has 0 aliphatic carbocycles. The van der Waals surface area contributed by atoms with Gasteiger partial charge in [-0.25, -0.2) is 4.79 Å². The summed E-state index contributed by atoms with van der Waals surface area (Å²) in [7, 11) is 2.77. The molecule has 0 aromatic heterocycles. The summed E-state index contributed by atoms with van der Waals surface area (Å²) in [5, 5.41) is 0. The van der Waals surface area contributed by atoms with Gasteiger partial charge in [-0.15, -0.1) is 0 Å². The van der Waals surface area contributed by atoms with E-state index in [-0.39, 0.29) is 5.57 Å². The van der Waals surface area contributed by atoms with Gasteiger partial charge in [-0.2, -0.15) is 0 Å². The van der Waals surface area contributed by atoms with Crippen LogP contribution in [0.4, 0.5) is 10.5 Å². The maximum absolute atomic E-state index is 12.8. The first-order chi connectivity index (χ1) is 13.4. The Bertz CT molecular complexity index is 870. The van der Waals surface area contributed by atoms with Gasteiger partial charge in [-0.3, -0.25) is 19.4 Å². The number of anilines is 1. The van der Waals surface area contributed by atoms with Crippen molar-refractivity contribution in [3.8, 4) is 0 Å². The van der Waals surface area contributed by atoms with E-state index in [2.05, 4.69) is 4.90 Å². The molecule has 3 rings (SSSR count). The number of nitrogens with zero attached hydrogens (tertiary/aromatic N) is 3. The number of urea groups is 1. The van der Waals surface area contributed by atoms with E-state index in [0.717, 1.165) is 33.3 Å². The molecule has 1 aromatic rings. The predicted octanol–water partition coefficient (Wildman–Crippen LogP) is 3.82. The molecular weight excluding hydrogens is 354 g/mol. The van der Waals surface area contributed by atoms with E-state index in [1.807, 2.05) is 70.2 Å². The first-order valence-electron chi connectivity index (χ1n) is 9.48. The lowest BCUT2D eigenvalue weighted by Gasteiger charge is -2.34. The Hall–Kier alpha value is -3.15. The number of para-hydroxylation sites is 1. The minimum atomic E-state index is -0.624. The van der Waals surface area contributed by atoms with Crippen molar-refractivity contribution in [2.75, 3.05) is 25.5 Å². The zero-order valence-corrected chi connectivity index (χ0v) is 17.3. The SMILES string of the molecule is C/C=C/C1=CC(=C2C(=O)N(C)C(=O)N(C)C2=O)c2ccccc2N1CC.CC. The molecule has 0 unspecified atom stereocenters. The fraction of sp³-hybridized carbons (Fsp3) is 0.318. The molecule has 0 N–H and O–H groups in total. The smallest absolute Gasteiger partial charge is 0.333 e. The number of fused-ring (bicyclic) bond motifs is 1. The Morgan fingerprint density at radius 2 is 1.54 bits per heavy atom. The Morgan fingerprint density at radius 1 is 0.964 bits per heavy atom. The quantitative estimate of drug-likeness (QED) is 0.577. The summed E-state index contributed by atoms with van der Waals surface area (Å²) in [6.45, 7) is 8.71. The molecule has 148 valence electrons. The molecule has 0 spiro atoms. The van der Waals surface area contributed by atoms with Crippen molar-refractivity contribution < 1.29 is 14.4 Å². The van der Waals surface area contributed by atoms with Crippen molar-refractivity contribution in [2.24, 2.45) is 0 Å². The third-order valence-corrected chi connectivity index (χ3v) is 4.62. The van der Waals surface area contributed by atoms with Crippen molar-refractivity contribution >= 4 is 29.1 Å². The lowest BCUT2D eigenvalue weighted by atomic mass is 9.91. The van der Waals surface area contributed by atoms with Crippen LogP contribution in [0.1, 0.15) is 33.3 Å².